The fraction of sp³-hybridized carbons (Fsp3) is 0.438. The van der Waals surface area contributed by atoms with Crippen molar-refractivity contribution in [3.8, 4) is 0 Å². The second-order valence-corrected chi connectivity index (χ2v) is 5.89. The van der Waals surface area contributed by atoms with E-state index in [1.54, 1.807) is 31.2 Å². The number of benzene rings is 1. The van der Waals surface area contributed by atoms with Crippen LogP contribution in [0.2, 0.25) is 0 Å². The number of rotatable bonds is 8. The fourth-order valence-corrected chi connectivity index (χ4v) is 2.17. The molecule has 0 aliphatic heterocycles. The zero-order valence-electron chi connectivity index (χ0n) is 13.7. The van der Waals surface area contributed by atoms with Crippen molar-refractivity contribution < 1.29 is 19.1 Å². The van der Waals surface area contributed by atoms with Crippen molar-refractivity contribution in [3.05, 3.63) is 28.7 Å². The van der Waals surface area contributed by atoms with E-state index in [9.17, 15) is 14.4 Å². The largest absolute Gasteiger partial charge is 0.465 e. The van der Waals surface area contributed by atoms with Gasteiger partial charge in [0.1, 0.15) is 12.6 Å². The highest BCUT2D eigenvalue weighted by molar-refractivity contribution is 9.10. The molecule has 3 amide bonds. The molecule has 0 aromatic heterocycles. The van der Waals surface area contributed by atoms with E-state index in [1.165, 1.54) is 0 Å². The van der Waals surface area contributed by atoms with Gasteiger partial charge in [0.05, 0.1) is 6.61 Å². The maximum Gasteiger partial charge on any atom is 0.325 e. The van der Waals surface area contributed by atoms with Crippen molar-refractivity contribution in [1.82, 2.24) is 10.6 Å². The Morgan fingerprint density at radius 1 is 1.17 bits per heavy atom. The molecule has 0 saturated carbocycles. The first-order valence-electron chi connectivity index (χ1n) is 7.72. The summed E-state index contributed by atoms with van der Waals surface area (Å²) < 4.78 is 5.64. The lowest BCUT2D eigenvalue weighted by atomic mass is 10.1. The molecular weight excluding hydrogens is 378 g/mol. The van der Waals surface area contributed by atoms with Gasteiger partial charge < -0.3 is 20.7 Å². The van der Waals surface area contributed by atoms with Gasteiger partial charge in [-0.15, -0.1) is 0 Å². The zero-order valence-corrected chi connectivity index (χ0v) is 15.3. The first-order valence-corrected chi connectivity index (χ1v) is 8.52. The third-order valence-electron chi connectivity index (χ3n) is 3.01. The lowest BCUT2D eigenvalue weighted by molar-refractivity contribution is -0.143. The fourth-order valence-electron chi connectivity index (χ4n) is 1.91. The topological polar surface area (TPSA) is 96.5 Å². The van der Waals surface area contributed by atoms with Crippen molar-refractivity contribution in [2.24, 2.45) is 0 Å². The molecule has 132 valence electrons. The standard InChI is InChI=1S/C16H22BrN3O4/c1-3-5-13(15(22)18-10-14(21)24-4-2)20-16(23)19-12-8-6-11(17)7-9-12/h6-9,13H,3-5,10H2,1-2H3,(H,18,22)(H2,19,20,23). The molecule has 0 spiro atoms. The number of ether oxygens (including phenoxy) is 1. The molecule has 24 heavy (non-hydrogen) atoms. The molecule has 0 aliphatic rings. The highest BCUT2D eigenvalue weighted by Gasteiger charge is 2.20. The molecule has 0 saturated heterocycles. The van der Waals surface area contributed by atoms with E-state index in [-0.39, 0.29) is 13.2 Å². The Morgan fingerprint density at radius 2 is 1.83 bits per heavy atom. The molecule has 0 aliphatic carbocycles. The van der Waals surface area contributed by atoms with Crippen LogP contribution < -0.4 is 16.0 Å². The number of anilines is 1. The first kappa shape index (κ1) is 20.0. The predicted octanol–water partition coefficient (Wildman–Crippen LogP) is 2.42. The van der Waals surface area contributed by atoms with Crippen LogP contribution >= 0.6 is 15.9 Å². The molecule has 1 unspecified atom stereocenters. The van der Waals surface area contributed by atoms with Crippen LogP contribution in [0.4, 0.5) is 10.5 Å². The molecular formula is C16H22BrN3O4. The van der Waals surface area contributed by atoms with Crippen LogP contribution in [0.15, 0.2) is 28.7 Å². The minimum atomic E-state index is -0.722. The van der Waals surface area contributed by atoms with Crippen molar-refractivity contribution in [3.63, 3.8) is 0 Å². The van der Waals surface area contributed by atoms with Crippen molar-refractivity contribution in [2.75, 3.05) is 18.5 Å². The Kier molecular flexibility index (Phi) is 8.85. The molecule has 1 aromatic rings. The minimum absolute atomic E-state index is 0.219. The van der Waals surface area contributed by atoms with Gasteiger partial charge in [0, 0.05) is 10.2 Å². The highest BCUT2D eigenvalue weighted by atomic mass is 79.9. The van der Waals surface area contributed by atoms with Gasteiger partial charge in [0.2, 0.25) is 5.91 Å². The number of urea groups is 1. The number of amides is 3. The lowest BCUT2D eigenvalue weighted by Gasteiger charge is -2.18. The van der Waals surface area contributed by atoms with Gasteiger partial charge in [0.15, 0.2) is 0 Å². The molecule has 1 atom stereocenters. The first-order chi connectivity index (χ1) is 11.5. The van der Waals surface area contributed by atoms with Gasteiger partial charge in [-0.1, -0.05) is 29.3 Å². The molecule has 0 radical (unpaired) electrons. The van der Waals surface area contributed by atoms with Crippen LogP contribution in [0.5, 0.6) is 0 Å². The molecule has 1 aromatic carbocycles. The van der Waals surface area contributed by atoms with Crippen LogP contribution in [0.3, 0.4) is 0 Å². The number of esters is 1. The summed E-state index contributed by atoms with van der Waals surface area (Å²) in [6.45, 7) is 3.62. The van der Waals surface area contributed by atoms with E-state index < -0.39 is 23.9 Å². The van der Waals surface area contributed by atoms with E-state index >= 15 is 0 Å². The average Bonchev–Trinajstić information content (AvgIpc) is 2.54. The van der Waals surface area contributed by atoms with Gasteiger partial charge in [-0.3, -0.25) is 9.59 Å². The van der Waals surface area contributed by atoms with Gasteiger partial charge in [0.25, 0.3) is 0 Å². The third-order valence-corrected chi connectivity index (χ3v) is 3.54. The SMILES string of the molecule is CCCC(NC(=O)Nc1ccc(Br)cc1)C(=O)NCC(=O)OCC. The summed E-state index contributed by atoms with van der Waals surface area (Å²) >= 11 is 3.31. The second-order valence-electron chi connectivity index (χ2n) is 4.97. The molecule has 1 rings (SSSR count). The maximum absolute atomic E-state index is 12.1. The zero-order chi connectivity index (χ0) is 17.9. The summed E-state index contributed by atoms with van der Waals surface area (Å²) in [4.78, 5) is 35.4. The quantitative estimate of drug-likeness (QED) is 0.584. The second kappa shape index (κ2) is 10.6. The van der Waals surface area contributed by atoms with E-state index in [4.69, 9.17) is 4.74 Å². The van der Waals surface area contributed by atoms with Gasteiger partial charge in [-0.25, -0.2) is 4.79 Å². The summed E-state index contributed by atoms with van der Waals surface area (Å²) in [5, 5.41) is 7.73. The van der Waals surface area contributed by atoms with Crippen LogP contribution in [0.1, 0.15) is 26.7 Å². The summed E-state index contributed by atoms with van der Waals surface area (Å²) in [6, 6.07) is 5.86. The Bertz CT molecular complexity index is 563. The van der Waals surface area contributed by atoms with E-state index in [0.29, 0.717) is 18.5 Å². The van der Waals surface area contributed by atoms with E-state index in [2.05, 4.69) is 31.9 Å². The van der Waals surface area contributed by atoms with E-state index in [1.807, 2.05) is 6.92 Å². The summed E-state index contributed by atoms with van der Waals surface area (Å²) in [7, 11) is 0. The molecule has 0 fully saturated rings. The normalized spacial score (nSPS) is 11.3. The smallest absolute Gasteiger partial charge is 0.325 e. The molecule has 3 N–H and O–H groups in total. The third kappa shape index (κ3) is 7.45. The molecule has 7 nitrogen and oxygen atoms in total. The maximum atomic E-state index is 12.1. The van der Waals surface area contributed by atoms with Crippen molar-refractivity contribution in [1.29, 1.82) is 0 Å². The summed E-state index contributed by atoms with van der Waals surface area (Å²) in [5.41, 5.74) is 0.609. The molecule has 8 heteroatoms. The minimum Gasteiger partial charge on any atom is -0.465 e. The van der Waals surface area contributed by atoms with Crippen LogP contribution in [0, 0.1) is 0 Å². The highest BCUT2D eigenvalue weighted by Crippen LogP contribution is 2.14. The number of hydrogen-bond acceptors (Lipinski definition) is 4. The van der Waals surface area contributed by atoms with Crippen molar-refractivity contribution in [2.45, 2.75) is 32.7 Å². The number of halogens is 1. The monoisotopic (exact) mass is 399 g/mol. The van der Waals surface area contributed by atoms with Gasteiger partial charge in [-0.05, 0) is 37.6 Å². The average molecular weight is 400 g/mol. The van der Waals surface area contributed by atoms with Gasteiger partial charge in [-0.2, -0.15) is 0 Å². The lowest BCUT2D eigenvalue weighted by Crippen LogP contribution is -2.49. The van der Waals surface area contributed by atoms with Crippen molar-refractivity contribution >= 4 is 39.5 Å². The number of carbonyl (C=O) groups excluding carboxylic acids is 3. The number of nitrogens with one attached hydrogen (secondary N) is 3. The van der Waals surface area contributed by atoms with Crippen LogP contribution in [-0.2, 0) is 14.3 Å². The number of carbonyl (C=O) groups is 3. The van der Waals surface area contributed by atoms with Crippen LogP contribution in [0.25, 0.3) is 0 Å². The van der Waals surface area contributed by atoms with E-state index in [0.717, 1.165) is 4.47 Å². The summed E-state index contributed by atoms with van der Waals surface area (Å²) in [6.07, 6.45) is 1.17. The Balaban J connectivity index is 2.54. The molecule has 0 bridgehead atoms. The Hall–Kier alpha value is -2.09. The Labute approximate surface area is 149 Å². The summed E-state index contributed by atoms with van der Waals surface area (Å²) in [5.74, 6) is -0.934. The number of hydrogen-bond donors (Lipinski definition) is 3. The predicted molar refractivity (Wildman–Crippen MR) is 94.6 cm³/mol. The van der Waals surface area contributed by atoms with Gasteiger partial charge >= 0.3 is 12.0 Å². The molecule has 0 heterocycles. The van der Waals surface area contributed by atoms with Crippen LogP contribution in [-0.4, -0.2) is 37.1 Å². The Morgan fingerprint density at radius 3 is 2.42 bits per heavy atom.